The summed E-state index contributed by atoms with van der Waals surface area (Å²) in [7, 11) is 0. The molecule has 206 valence electrons. The van der Waals surface area contributed by atoms with Crippen LogP contribution in [-0.4, -0.2) is 21.1 Å². The Hall–Kier alpha value is -3.97. The van der Waals surface area contributed by atoms with Crippen LogP contribution in [0.25, 0.3) is 21.3 Å². The zero-order valence-electron chi connectivity index (χ0n) is 21.5. The van der Waals surface area contributed by atoms with Crippen LogP contribution in [0.2, 0.25) is 0 Å². The number of aromatic nitrogens is 2. The third kappa shape index (κ3) is 5.80. The molecule has 0 aliphatic heterocycles. The Labute approximate surface area is 231 Å². The Morgan fingerprint density at radius 2 is 1.70 bits per heavy atom. The topological polar surface area (TPSA) is 84.9 Å². The SMILES string of the molecule is N#Cc1ccccc1-c1ccc(Cn2c(=O)n(CC(=O)C3CCCCC3)c(=O)c3cc(CC(F)(F)F)sc32)cc1. The molecule has 2 aromatic heterocycles. The maximum absolute atomic E-state index is 13.6. The quantitative estimate of drug-likeness (QED) is 0.272. The Kier molecular flexibility index (Phi) is 7.76. The number of hydrogen-bond donors (Lipinski definition) is 0. The van der Waals surface area contributed by atoms with Gasteiger partial charge in [0.15, 0.2) is 5.78 Å². The fourth-order valence-electron chi connectivity index (χ4n) is 5.33. The number of fused-ring (bicyclic) bond motifs is 1. The molecule has 0 radical (unpaired) electrons. The standard InChI is InChI=1S/C30H26F3N3O3S/c31-30(32,33)15-23-14-25-27(38)35(18-26(37)21-6-2-1-3-7-21)29(39)36(28(25)40-23)17-19-10-12-20(13-11-19)24-9-5-4-8-22(24)16-34/h4-5,8-14,21H,1-3,6-7,15,17-18H2. The number of benzene rings is 2. The Morgan fingerprint density at radius 3 is 2.38 bits per heavy atom. The van der Waals surface area contributed by atoms with E-state index in [0.29, 0.717) is 24.0 Å². The largest absolute Gasteiger partial charge is 0.393 e. The summed E-state index contributed by atoms with van der Waals surface area (Å²) in [6, 6.07) is 17.7. The smallest absolute Gasteiger partial charge is 0.297 e. The molecule has 1 aliphatic rings. The van der Waals surface area contributed by atoms with Crippen LogP contribution in [0.4, 0.5) is 13.2 Å². The molecule has 4 aromatic rings. The summed E-state index contributed by atoms with van der Waals surface area (Å²) < 4.78 is 41.7. The van der Waals surface area contributed by atoms with E-state index in [9.17, 15) is 32.8 Å². The van der Waals surface area contributed by atoms with E-state index in [0.717, 1.165) is 46.3 Å². The van der Waals surface area contributed by atoms with Gasteiger partial charge in [0.25, 0.3) is 5.56 Å². The number of carbonyl (C=O) groups is 1. The molecule has 0 atom stereocenters. The van der Waals surface area contributed by atoms with Gasteiger partial charge in [-0.2, -0.15) is 18.4 Å². The summed E-state index contributed by atoms with van der Waals surface area (Å²) in [6.45, 7) is -0.397. The van der Waals surface area contributed by atoms with Crippen molar-refractivity contribution in [2.45, 2.75) is 57.8 Å². The number of Topliss-reactive ketones (excluding diaryl/α,β-unsaturated/α-hetero) is 1. The van der Waals surface area contributed by atoms with Crippen molar-refractivity contribution in [3.8, 4) is 17.2 Å². The Bertz CT molecular complexity index is 1720. The van der Waals surface area contributed by atoms with Crippen molar-refractivity contribution in [1.82, 2.24) is 9.13 Å². The molecule has 2 aromatic carbocycles. The minimum atomic E-state index is -4.47. The van der Waals surface area contributed by atoms with Crippen molar-refractivity contribution in [2.75, 3.05) is 0 Å². The van der Waals surface area contributed by atoms with E-state index in [4.69, 9.17) is 0 Å². The molecule has 0 saturated heterocycles. The van der Waals surface area contributed by atoms with Crippen LogP contribution in [0.5, 0.6) is 0 Å². The van der Waals surface area contributed by atoms with Crippen LogP contribution >= 0.6 is 11.3 Å². The summed E-state index contributed by atoms with van der Waals surface area (Å²) in [6.07, 6.45) is -1.41. The maximum atomic E-state index is 13.6. The number of alkyl halides is 3. The molecule has 0 unspecified atom stereocenters. The number of carbonyl (C=O) groups excluding carboxylic acids is 1. The van der Waals surface area contributed by atoms with E-state index in [2.05, 4.69) is 6.07 Å². The molecule has 1 aliphatic carbocycles. The van der Waals surface area contributed by atoms with Gasteiger partial charge in [-0.3, -0.25) is 18.7 Å². The summed E-state index contributed by atoms with van der Waals surface area (Å²) in [5.41, 5.74) is 1.27. The average Bonchev–Trinajstić information content (AvgIpc) is 3.36. The normalized spacial score (nSPS) is 14.3. The van der Waals surface area contributed by atoms with Crippen LogP contribution in [0, 0.1) is 17.2 Å². The van der Waals surface area contributed by atoms with Gasteiger partial charge in [-0.25, -0.2) is 4.79 Å². The molecule has 10 heteroatoms. The van der Waals surface area contributed by atoms with Crippen LogP contribution in [-0.2, 0) is 24.3 Å². The number of hydrogen-bond acceptors (Lipinski definition) is 5. The summed E-state index contributed by atoms with van der Waals surface area (Å²) in [4.78, 5) is 40.0. The molecule has 2 heterocycles. The minimum absolute atomic E-state index is 0.000128. The highest BCUT2D eigenvalue weighted by atomic mass is 32.1. The number of rotatable bonds is 7. The van der Waals surface area contributed by atoms with Gasteiger partial charge in [-0.15, -0.1) is 11.3 Å². The zero-order chi connectivity index (χ0) is 28.4. The molecule has 1 saturated carbocycles. The third-order valence-electron chi connectivity index (χ3n) is 7.35. The first-order valence-electron chi connectivity index (χ1n) is 13.1. The molecule has 0 spiro atoms. The summed E-state index contributed by atoms with van der Waals surface area (Å²) in [5.74, 6) is -0.424. The molecule has 0 amide bonds. The lowest BCUT2D eigenvalue weighted by Crippen LogP contribution is -2.42. The number of nitrogens with zero attached hydrogens (tertiary/aromatic N) is 3. The van der Waals surface area contributed by atoms with Crippen LogP contribution in [0.3, 0.4) is 0 Å². The third-order valence-corrected chi connectivity index (χ3v) is 8.51. The molecule has 6 nitrogen and oxygen atoms in total. The van der Waals surface area contributed by atoms with Crippen LogP contribution < -0.4 is 11.2 Å². The van der Waals surface area contributed by atoms with Gasteiger partial charge in [0.1, 0.15) is 4.83 Å². The molecular weight excluding hydrogens is 539 g/mol. The fourth-order valence-corrected chi connectivity index (χ4v) is 6.50. The van der Waals surface area contributed by atoms with Crippen LogP contribution in [0.15, 0.2) is 64.2 Å². The second-order valence-corrected chi connectivity index (χ2v) is 11.3. The number of ketones is 1. The highest BCUT2D eigenvalue weighted by Gasteiger charge is 2.30. The average molecular weight is 566 g/mol. The predicted molar refractivity (Wildman–Crippen MR) is 147 cm³/mol. The monoisotopic (exact) mass is 565 g/mol. The van der Waals surface area contributed by atoms with Crippen molar-refractivity contribution >= 4 is 27.3 Å². The van der Waals surface area contributed by atoms with E-state index in [1.54, 1.807) is 36.4 Å². The molecule has 40 heavy (non-hydrogen) atoms. The van der Waals surface area contributed by atoms with E-state index in [1.165, 1.54) is 10.6 Å². The first kappa shape index (κ1) is 27.6. The van der Waals surface area contributed by atoms with Gasteiger partial charge < -0.3 is 0 Å². The first-order chi connectivity index (χ1) is 19.1. The van der Waals surface area contributed by atoms with Crippen LogP contribution in [0.1, 0.15) is 48.1 Å². The summed E-state index contributed by atoms with van der Waals surface area (Å²) >= 11 is 0.768. The number of thiophene rings is 1. The second kappa shape index (κ2) is 11.3. The van der Waals surface area contributed by atoms with Crippen molar-refractivity contribution in [3.63, 3.8) is 0 Å². The Morgan fingerprint density at radius 1 is 1.00 bits per heavy atom. The van der Waals surface area contributed by atoms with Gasteiger partial charge in [-0.05, 0) is 41.7 Å². The van der Waals surface area contributed by atoms with Gasteiger partial charge in [0.05, 0.1) is 36.5 Å². The van der Waals surface area contributed by atoms with E-state index in [1.807, 2.05) is 12.1 Å². The summed E-state index contributed by atoms with van der Waals surface area (Å²) in [5, 5.41) is 9.42. The molecule has 1 fully saturated rings. The van der Waals surface area contributed by atoms with Crippen molar-refractivity contribution < 1.29 is 18.0 Å². The van der Waals surface area contributed by atoms with E-state index < -0.39 is 30.4 Å². The highest BCUT2D eigenvalue weighted by molar-refractivity contribution is 7.18. The van der Waals surface area contributed by atoms with Crippen molar-refractivity contribution in [2.24, 2.45) is 5.92 Å². The van der Waals surface area contributed by atoms with Crippen molar-refractivity contribution in [1.29, 1.82) is 5.26 Å². The highest BCUT2D eigenvalue weighted by Crippen LogP contribution is 2.30. The fraction of sp³-hybridized carbons (Fsp3) is 0.333. The minimum Gasteiger partial charge on any atom is -0.297 e. The lowest BCUT2D eigenvalue weighted by Gasteiger charge is -2.20. The maximum Gasteiger partial charge on any atom is 0.393 e. The Balaban J connectivity index is 1.55. The second-order valence-electron chi connectivity index (χ2n) is 10.1. The molecule has 0 N–H and O–H groups in total. The molecule has 0 bridgehead atoms. The molecule has 5 rings (SSSR count). The van der Waals surface area contributed by atoms with Gasteiger partial charge in [0.2, 0.25) is 0 Å². The van der Waals surface area contributed by atoms with Gasteiger partial charge in [-0.1, -0.05) is 61.7 Å². The van der Waals surface area contributed by atoms with E-state index >= 15 is 0 Å². The lowest BCUT2D eigenvalue weighted by molar-refractivity contribution is -0.126. The molecular formula is C30H26F3N3O3S. The van der Waals surface area contributed by atoms with E-state index in [-0.39, 0.29) is 33.3 Å². The lowest BCUT2D eigenvalue weighted by atomic mass is 9.86. The zero-order valence-corrected chi connectivity index (χ0v) is 22.4. The number of halogens is 3. The first-order valence-corrected chi connectivity index (χ1v) is 13.9. The predicted octanol–water partition coefficient (Wildman–Crippen LogP) is 6.07. The van der Waals surface area contributed by atoms with Gasteiger partial charge in [0, 0.05) is 10.8 Å². The van der Waals surface area contributed by atoms with Gasteiger partial charge >= 0.3 is 11.9 Å². The number of nitriles is 1. The van der Waals surface area contributed by atoms with Crippen molar-refractivity contribution in [3.05, 3.63) is 91.4 Å².